The molecule has 10 heteroatoms. The quantitative estimate of drug-likeness (QED) is 0.688. The number of fused-ring (bicyclic) bond motifs is 2. The molecular weight excluding hydrogens is 350 g/mol. The van der Waals surface area contributed by atoms with Crippen molar-refractivity contribution in [3.63, 3.8) is 0 Å². The molecule has 3 aromatic rings. The minimum atomic E-state index is -0.462. The summed E-state index contributed by atoms with van der Waals surface area (Å²) < 4.78 is 4.33. The minimum Gasteiger partial charge on any atom is -0.330 e. The highest BCUT2D eigenvalue weighted by molar-refractivity contribution is 5.91. The SMILES string of the molecule is CC1CC(NC(=O)Nc2cnc3c(c2)c(=O)n(C)c(=O)n3C)c2nccn21. The normalized spacial score (nSPS) is 18.5. The molecule has 140 valence electrons. The van der Waals surface area contributed by atoms with E-state index in [0.717, 1.165) is 16.8 Å². The molecule has 0 radical (unpaired) electrons. The molecule has 2 N–H and O–H groups in total. The van der Waals surface area contributed by atoms with Crippen LogP contribution >= 0.6 is 0 Å². The average Bonchev–Trinajstić information content (AvgIpc) is 3.23. The Morgan fingerprint density at radius 2 is 2.00 bits per heavy atom. The van der Waals surface area contributed by atoms with Crippen LogP contribution in [0, 0.1) is 0 Å². The molecule has 0 saturated heterocycles. The molecule has 0 bridgehead atoms. The number of imidazole rings is 1. The van der Waals surface area contributed by atoms with Crippen molar-refractivity contribution < 1.29 is 4.79 Å². The summed E-state index contributed by atoms with van der Waals surface area (Å²) >= 11 is 0. The molecule has 4 rings (SSSR count). The van der Waals surface area contributed by atoms with Crippen LogP contribution in [-0.4, -0.2) is 29.7 Å². The smallest absolute Gasteiger partial charge is 0.330 e. The van der Waals surface area contributed by atoms with Crippen molar-refractivity contribution in [2.24, 2.45) is 14.1 Å². The summed E-state index contributed by atoms with van der Waals surface area (Å²) in [5.74, 6) is 0.818. The molecule has 2 unspecified atom stereocenters. The highest BCUT2D eigenvalue weighted by atomic mass is 16.2. The molecule has 0 spiro atoms. The number of amides is 2. The fraction of sp³-hybridized carbons (Fsp3) is 0.353. The summed E-state index contributed by atoms with van der Waals surface area (Å²) in [6.07, 6.45) is 5.78. The van der Waals surface area contributed by atoms with Gasteiger partial charge in [0.05, 0.1) is 23.3 Å². The molecule has 1 aliphatic rings. The van der Waals surface area contributed by atoms with Crippen LogP contribution in [0.3, 0.4) is 0 Å². The van der Waals surface area contributed by atoms with Gasteiger partial charge in [-0.1, -0.05) is 0 Å². The number of aryl methyl sites for hydroxylation is 1. The summed E-state index contributed by atoms with van der Waals surface area (Å²) in [4.78, 5) is 45.1. The molecule has 4 heterocycles. The highest BCUT2D eigenvalue weighted by Crippen LogP contribution is 2.32. The molecule has 2 atom stereocenters. The molecule has 0 fully saturated rings. The first-order chi connectivity index (χ1) is 12.9. The monoisotopic (exact) mass is 369 g/mol. The second-order valence-corrected chi connectivity index (χ2v) is 6.73. The van der Waals surface area contributed by atoms with Crippen LogP contribution in [0.25, 0.3) is 11.0 Å². The molecule has 10 nitrogen and oxygen atoms in total. The zero-order chi connectivity index (χ0) is 19.3. The van der Waals surface area contributed by atoms with Crippen LogP contribution in [0.2, 0.25) is 0 Å². The zero-order valence-corrected chi connectivity index (χ0v) is 15.1. The van der Waals surface area contributed by atoms with Gasteiger partial charge in [-0.25, -0.2) is 19.6 Å². The van der Waals surface area contributed by atoms with Crippen molar-refractivity contribution in [3.05, 3.63) is 51.3 Å². The molecule has 0 aromatic carbocycles. The summed E-state index contributed by atoms with van der Waals surface area (Å²) in [6.45, 7) is 2.07. The Labute approximate surface area is 153 Å². The third-order valence-electron chi connectivity index (χ3n) is 4.92. The average molecular weight is 369 g/mol. The number of hydrogen-bond acceptors (Lipinski definition) is 5. The standard InChI is InChI=1S/C17H19N7O3/c1-9-6-12(14-18-4-5-24(9)14)21-16(26)20-10-7-11-13(19-8-10)22(2)17(27)23(3)15(11)25/h4-5,7-9,12H,6H2,1-3H3,(H2,20,21,26). The van der Waals surface area contributed by atoms with E-state index in [1.165, 1.54) is 23.9 Å². The predicted octanol–water partition coefficient (Wildman–Crippen LogP) is 0.656. The molecule has 2 amide bonds. The van der Waals surface area contributed by atoms with Crippen LogP contribution in [0.4, 0.5) is 10.5 Å². The number of carbonyl (C=O) groups excluding carboxylic acids is 1. The maximum atomic E-state index is 12.4. The summed E-state index contributed by atoms with van der Waals surface area (Å²) in [5.41, 5.74) is -0.286. The van der Waals surface area contributed by atoms with Gasteiger partial charge in [-0.05, 0) is 19.4 Å². The van der Waals surface area contributed by atoms with Crippen LogP contribution in [0.1, 0.15) is 31.3 Å². The lowest BCUT2D eigenvalue weighted by Crippen LogP contribution is -2.37. The third kappa shape index (κ3) is 2.69. The van der Waals surface area contributed by atoms with Gasteiger partial charge in [-0.2, -0.15) is 0 Å². The van der Waals surface area contributed by atoms with E-state index in [-0.39, 0.29) is 23.1 Å². The van der Waals surface area contributed by atoms with E-state index < -0.39 is 17.3 Å². The third-order valence-corrected chi connectivity index (χ3v) is 4.92. The van der Waals surface area contributed by atoms with E-state index in [4.69, 9.17) is 0 Å². The lowest BCUT2D eigenvalue weighted by Gasteiger charge is -2.13. The molecule has 0 saturated carbocycles. The van der Waals surface area contributed by atoms with E-state index in [2.05, 4.69) is 27.5 Å². The van der Waals surface area contributed by atoms with E-state index in [9.17, 15) is 14.4 Å². The van der Waals surface area contributed by atoms with Gasteiger partial charge >= 0.3 is 11.7 Å². The maximum absolute atomic E-state index is 12.4. The first-order valence-corrected chi connectivity index (χ1v) is 8.53. The lowest BCUT2D eigenvalue weighted by molar-refractivity contribution is 0.248. The molecular formula is C17H19N7O3. The number of nitrogens with zero attached hydrogens (tertiary/aromatic N) is 5. The fourth-order valence-electron chi connectivity index (χ4n) is 3.51. The van der Waals surface area contributed by atoms with Gasteiger partial charge in [-0.3, -0.25) is 13.9 Å². The van der Waals surface area contributed by atoms with Gasteiger partial charge < -0.3 is 15.2 Å². The first-order valence-electron chi connectivity index (χ1n) is 8.53. The van der Waals surface area contributed by atoms with Gasteiger partial charge in [0.25, 0.3) is 5.56 Å². The van der Waals surface area contributed by atoms with E-state index in [1.807, 2.05) is 10.8 Å². The number of nitrogens with one attached hydrogen (secondary N) is 2. The summed E-state index contributed by atoms with van der Waals surface area (Å²) in [5, 5.41) is 5.84. The van der Waals surface area contributed by atoms with Crippen molar-refractivity contribution in [2.45, 2.75) is 25.4 Å². The second kappa shape index (κ2) is 6.08. The van der Waals surface area contributed by atoms with Gasteiger partial charge in [0.2, 0.25) is 0 Å². The molecule has 27 heavy (non-hydrogen) atoms. The number of anilines is 1. The van der Waals surface area contributed by atoms with Crippen LogP contribution in [-0.2, 0) is 14.1 Å². The fourth-order valence-corrected chi connectivity index (χ4v) is 3.51. The Kier molecular flexibility index (Phi) is 3.83. The number of pyridine rings is 1. The zero-order valence-electron chi connectivity index (χ0n) is 15.1. The number of rotatable bonds is 2. The van der Waals surface area contributed by atoms with Gasteiger partial charge in [0.1, 0.15) is 11.5 Å². The Hall–Kier alpha value is -3.43. The van der Waals surface area contributed by atoms with Crippen LogP contribution in [0.15, 0.2) is 34.2 Å². The largest absolute Gasteiger partial charge is 0.332 e. The predicted molar refractivity (Wildman–Crippen MR) is 98.7 cm³/mol. The summed E-state index contributed by atoms with van der Waals surface area (Å²) in [7, 11) is 2.95. The maximum Gasteiger partial charge on any atom is 0.332 e. The van der Waals surface area contributed by atoms with Crippen LogP contribution in [0.5, 0.6) is 0 Å². The molecule has 0 aliphatic carbocycles. The number of aromatic nitrogens is 5. The second-order valence-electron chi connectivity index (χ2n) is 6.73. The minimum absolute atomic E-state index is 0.183. The van der Waals surface area contributed by atoms with Crippen molar-refractivity contribution in [1.82, 2.24) is 29.0 Å². The Bertz CT molecular complexity index is 1170. The Balaban J connectivity index is 1.58. The van der Waals surface area contributed by atoms with E-state index >= 15 is 0 Å². The molecule has 3 aromatic heterocycles. The number of hydrogen-bond donors (Lipinski definition) is 2. The molecule has 1 aliphatic heterocycles. The van der Waals surface area contributed by atoms with Gasteiger partial charge in [-0.15, -0.1) is 0 Å². The Morgan fingerprint density at radius 3 is 2.78 bits per heavy atom. The van der Waals surface area contributed by atoms with Crippen molar-refractivity contribution in [3.8, 4) is 0 Å². The van der Waals surface area contributed by atoms with Crippen molar-refractivity contribution in [1.29, 1.82) is 0 Å². The number of urea groups is 1. The number of carbonyl (C=O) groups is 1. The van der Waals surface area contributed by atoms with Crippen LogP contribution < -0.4 is 21.9 Å². The highest BCUT2D eigenvalue weighted by Gasteiger charge is 2.30. The van der Waals surface area contributed by atoms with Crippen molar-refractivity contribution >= 4 is 22.8 Å². The summed E-state index contributed by atoms with van der Waals surface area (Å²) in [6, 6.07) is 1.19. The lowest BCUT2D eigenvalue weighted by atomic mass is 10.2. The topological polar surface area (TPSA) is 116 Å². The van der Waals surface area contributed by atoms with E-state index in [1.54, 1.807) is 13.2 Å². The van der Waals surface area contributed by atoms with Gasteiger partial charge in [0, 0.05) is 32.5 Å². The van der Waals surface area contributed by atoms with Crippen molar-refractivity contribution in [2.75, 3.05) is 5.32 Å². The van der Waals surface area contributed by atoms with Gasteiger partial charge in [0.15, 0.2) is 0 Å². The van der Waals surface area contributed by atoms with E-state index in [0.29, 0.717) is 5.69 Å². The Morgan fingerprint density at radius 1 is 1.22 bits per heavy atom. The first kappa shape index (κ1) is 17.0.